The van der Waals surface area contributed by atoms with Gasteiger partial charge in [-0.2, -0.15) is 5.10 Å². The molecule has 0 fully saturated rings. The van der Waals surface area contributed by atoms with Gasteiger partial charge in [0.15, 0.2) is 0 Å². The fraction of sp³-hybridized carbons (Fsp3) is 0.308. The van der Waals surface area contributed by atoms with E-state index in [0.29, 0.717) is 17.0 Å². The summed E-state index contributed by atoms with van der Waals surface area (Å²) >= 11 is 0. The Morgan fingerprint density at radius 2 is 2.11 bits per heavy atom. The summed E-state index contributed by atoms with van der Waals surface area (Å²) in [5.41, 5.74) is 1.60. The van der Waals surface area contributed by atoms with Gasteiger partial charge in [0.05, 0.1) is 17.8 Å². The summed E-state index contributed by atoms with van der Waals surface area (Å²) in [5.74, 6) is -1.02. The van der Waals surface area contributed by atoms with Gasteiger partial charge in [0.2, 0.25) is 0 Å². The van der Waals surface area contributed by atoms with Crippen LogP contribution >= 0.6 is 0 Å². The first-order valence-corrected chi connectivity index (χ1v) is 5.83. The number of hydrogen-bond donors (Lipinski definition) is 1. The Kier molecular flexibility index (Phi) is 3.25. The second-order valence-electron chi connectivity index (χ2n) is 4.50. The van der Waals surface area contributed by atoms with E-state index in [2.05, 4.69) is 5.10 Å². The van der Waals surface area contributed by atoms with Crippen molar-refractivity contribution in [2.45, 2.75) is 20.4 Å². The molecule has 0 atom stereocenters. The molecule has 2 heterocycles. The molecule has 2 rings (SSSR count). The fourth-order valence-corrected chi connectivity index (χ4v) is 2.15. The first kappa shape index (κ1) is 13.1. The van der Waals surface area contributed by atoms with Crippen LogP contribution < -0.4 is 5.56 Å². The van der Waals surface area contributed by atoms with Crippen LogP contribution in [-0.4, -0.2) is 25.4 Å². The molecule has 0 saturated heterocycles. The van der Waals surface area contributed by atoms with Crippen LogP contribution in [0, 0.1) is 13.8 Å². The number of carboxylic acid groups (broad SMARTS) is 1. The van der Waals surface area contributed by atoms with E-state index in [4.69, 9.17) is 0 Å². The van der Waals surface area contributed by atoms with Crippen molar-refractivity contribution >= 4 is 5.97 Å². The summed E-state index contributed by atoms with van der Waals surface area (Å²) in [7, 11) is 1.79. The SMILES string of the molecule is Cc1cc(=O)n(Cc2ccn(C)n2)c(C)c1C(=O)O. The number of rotatable bonds is 3. The minimum atomic E-state index is -1.02. The van der Waals surface area contributed by atoms with Crippen LogP contribution in [0.25, 0.3) is 0 Å². The molecule has 0 aromatic carbocycles. The van der Waals surface area contributed by atoms with Gasteiger partial charge in [0, 0.05) is 25.0 Å². The smallest absolute Gasteiger partial charge is 0.337 e. The molecule has 2 aromatic rings. The van der Waals surface area contributed by atoms with Crippen LogP contribution in [0.3, 0.4) is 0 Å². The molecule has 0 radical (unpaired) electrons. The Labute approximate surface area is 109 Å². The summed E-state index contributed by atoms with van der Waals surface area (Å²) < 4.78 is 3.07. The van der Waals surface area contributed by atoms with Gasteiger partial charge in [-0.25, -0.2) is 4.79 Å². The van der Waals surface area contributed by atoms with Crippen molar-refractivity contribution in [1.29, 1.82) is 0 Å². The van der Waals surface area contributed by atoms with Gasteiger partial charge >= 0.3 is 5.97 Å². The summed E-state index contributed by atoms with van der Waals surface area (Å²) in [6, 6.07) is 3.14. The number of hydrogen-bond acceptors (Lipinski definition) is 3. The molecular weight excluding hydrogens is 246 g/mol. The molecule has 0 spiro atoms. The maximum atomic E-state index is 12.0. The maximum Gasteiger partial charge on any atom is 0.337 e. The molecule has 0 aliphatic carbocycles. The Balaban J connectivity index is 2.54. The highest BCUT2D eigenvalue weighted by Gasteiger charge is 2.16. The van der Waals surface area contributed by atoms with E-state index in [1.165, 1.54) is 10.6 Å². The van der Waals surface area contributed by atoms with Gasteiger partial charge in [0.1, 0.15) is 0 Å². The molecule has 19 heavy (non-hydrogen) atoms. The van der Waals surface area contributed by atoms with Crippen LogP contribution in [0.1, 0.15) is 27.3 Å². The third kappa shape index (κ3) is 2.42. The Bertz CT molecular complexity index is 698. The van der Waals surface area contributed by atoms with Crippen molar-refractivity contribution in [3.8, 4) is 0 Å². The molecule has 6 nitrogen and oxygen atoms in total. The molecule has 0 saturated carbocycles. The lowest BCUT2D eigenvalue weighted by molar-refractivity contribution is 0.0694. The van der Waals surface area contributed by atoms with E-state index in [9.17, 15) is 14.7 Å². The second kappa shape index (κ2) is 4.72. The molecule has 2 aromatic heterocycles. The van der Waals surface area contributed by atoms with Gasteiger partial charge in [-0.3, -0.25) is 9.48 Å². The van der Waals surface area contributed by atoms with Gasteiger partial charge in [-0.15, -0.1) is 0 Å². The minimum Gasteiger partial charge on any atom is -0.478 e. The number of carbonyl (C=O) groups is 1. The normalized spacial score (nSPS) is 10.7. The van der Waals surface area contributed by atoms with Crippen LogP contribution in [0.4, 0.5) is 0 Å². The van der Waals surface area contributed by atoms with Gasteiger partial charge in [-0.05, 0) is 25.5 Å². The first-order valence-electron chi connectivity index (χ1n) is 5.83. The van der Waals surface area contributed by atoms with E-state index < -0.39 is 5.97 Å². The molecular formula is C13H15N3O3. The maximum absolute atomic E-state index is 12.0. The zero-order chi connectivity index (χ0) is 14.2. The van der Waals surface area contributed by atoms with E-state index in [0.717, 1.165) is 0 Å². The molecule has 6 heteroatoms. The van der Waals surface area contributed by atoms with Crippen molar-refractivity contribution in [3.63, 3.8) is 0 Å². The summed E-state index contributed by atoms with van der Waals surface area (Å²) in [4.78, 5) is 23.2. The van der Waals surface area contributed by atoms with E-state index >= 15 is 0 Å². The Morgan fingerprint density at radius 3 is 2.63 bits per heavy atom. The lowest BCUT2D eigenvalue weighted by atomic mass is 10.1. The highest BCUT2D eigenvalue weighted by Crippen LogP contribution is 2.12. The molecule has 100 valence electrons. The standard InChI is InChI=1S/C13H15N3O3/c1-8-6-11(17)16(9(2)12(8)13(18)19)7-10-4-5-15(3)14-10/h4-6H,7H2,1-3H3,(H,18,19). The van der Waals surface area contributed by atoms with Crippen molar-refractivity contribution in [2.75, 3.05) is 0 Å². The number of nitrogens with zero attached hydrogens (tertiary/aromatic N) is 3. The monoisotopic (exact) mass is 261 g/mol. The highest BCUT2D eigenvalue weighted by atomic mass is 16.4. The third-order valence-corrected chi connectivity index (χ3v) is 3.07. The van der Waals surface area contributed by atoms with Crippen LogP contribution in [-0.2, 0) is 13.6 Å². The minimum absolute atomic E-state index is 0.176. The number of aromatic nitrogens is 3. The van der Waals surface area contributed by atoms with Gasteiger partial charge in [-0.1, -0.05) is 0 Å². The molecule has 1 N–H and O–H groups in total. The van der Waals surface area contributed by atoms with Crippen molar-refractivity contribution in [2.24, 2.45) is 7.05 Å². The fourth-order valence-electron chi connectivity index (χ4n) is 2.15. The predicted octanol–water partition coefficient (Wildman–Crippen LogP) is 0.945. The van der Waals surface area contributed by atoms with E-state index in [-0.39, 0.29) is 17.7 Å². The third-order valence-electron chi connectivity index (χ3n) is 3.07. The first-order chi connectivity index (χ1) is 8.90. The average molecular weight is 261 g/mol. The van der Waals surface area contributed by atoms with Crippen molar-refractivity contribution < 1.29 is 9.90 Å². The topological polar surface area (TPSA) is 77.1 Å². The molecule has 0 unspecified atom stereocenters. The van der Waals surface area contributed by atoms with Crippen LogP contribution in [0.15, 0.2) is 23.1 Å². The number of aromatic carboxylic acids is 1. The largest absolute Gasteiger partial charge is 0.478 e. The van der Waals surface area contributed by atoms with Crippen LogP contribution in [0.2, 0.25) is 0 Å². The summed E-state index contributed by atoms with van der Waals surface area (Å²) in [5, 5.41) is 13.4. The zero-order valence-electron chi connectivity index (χ0n) is 11.0. The zero-order valence-corrected chi connectivity index (χ0v) is 11.0. The van der Waals surface area contributed by atoms with E-state index in [1.54, 1.807) is 37.8 Å². The Morgan fingerprint density at radius 1 is 1.42 bits per heavy atom. The van der Waals surface area contributed by atoms with Gasteiger partial charge in [0.25, 0.3) is 5.56 Å². The van der Waals surface area contributed by atoms with E-state index in [1.807, 2.05) is 0 Å². The second-order valence-corrected chi connectivity index (χ2v) is 4.50. The van der Waals surface area contributed by atoms with Crippen molar-refractivity contribution in [1.82, 2.24) is 14.3 Å². The highest BCUT2D eigenvalue weighted by molar-refractivity contribution is 5.90. The van der Waals surface area contributed by atoms with Gasteiger partial charge < -0.3 is 9.67 Å². The lowest BCUT2D eigenvalue weighted by Crippen LogP contribution is -2.26. The number of pyridine rings is 1. The Hall–Kier alpha value is -2.37. The number of carboxylic acids is 1. The quantitative estimate of drug-likeness (QED) is 0.892. The molecule has 0 aliphatic heterocycles. The predicted molar refractivity (Wildman–Crippen MR) is 69.4 cm³/mol. The molecule has 0 bridgehead atoms. The summed E-state index contributed by atoms with van der Waals surface area (Å²) in [6.07, 6.45) is 1.78. The number of aryl methyl sites for hydroxylation is 2. The van der Waals surface area contributed by atoms with Crippen LogP contribution in [0.5, 0.6) is 0 Å². The molecule has 0 amide bonds. The van der Waals surface area contributed by atoms with Crippen molar-refractivity contribution in [3.05, 3.63) is 51.2 Å². The average Bonchev–Trinajstić information content (AvgIpc) is 2.69. The molecule has 0 aliphatic rings. The lowest BCUT2D eigenvalue weighted by Gasteiger charge is -2.12. The summed E-state index contributed by atoms with van der Waals surface area (Å²) in [6.45, 7) is 3.54.